The Hall–Kier alpha value is -3.09. The van der Waals surface area contributed by atoms with E-state index in [4.69, 9.17) is 9.47 Å². The molecular weight excluding hydrogens is 345 g/mol. The van der Waals surface area contributed by atoms with Gasteiger partial charge in [-0.05, 0) is 35.9 Å². The number of pyridine rings is 2. The fraction of sp³-hybridized carbons (Fsp3) is 0.158. The van der Waals surface area contributed by atoms with Crippen molar-refractivity contribution < 1.29 is 22.6 Å². The van der Waals surface area contributed by atoms with Crippen LogP contribution in [0.1, 0.15) is 5.56 Å². The smallest absolute Gasteiger partial charge is 0.393 e. The molecule has 0 amide bonds. The first-order valence-electron chi connectivity index (χ1n) is 7.73. The Bertz CT molecular complexity index is 880. The minimum atomic E-state index is -4.24. The highest BCUT2D eigenvalue weighted by atomic mass is 19.4. The van der Waals surface area contributed by atoms with E-state index in [2.05, 4.69) is 9.97 Å². The number of alkyl halides is 3. The van der Waals surface area contributed by atoms with Gasteiger partial charge in [0.25, 0.3) is 0 Å². The summed E-state index contributed by atoms with van der Waals surface area (Å²) in [6.07, 6.45) is -0.407. The van der Waals surface area contributed by atoms with E-state index in [0.29, 0.717) is 28.5 Å². The molecule has 2 heterocycles. The van der Waals surface area contributed by atoms with E-state index in [0.717, 1.165) is 0 Å². The standard InChI is InChI=1S/C19H15F3N2O2/c1-25-17-8-10-23-12-16(17)15-3-2-9-24-18(15)26-14-6-4-13(5-7-14)11-19(20,21)22/h2-10,12H,11H2,1H3. The average molecular weight is 360 g/mol. The van der Waals surface area contributed by atoms with Crippen molar-refractivity contribution in [3.8, 4) is 28.5 Å². The SMILES string of the molecule is COc1ccncc1-c1cccnc1Oc1ccc(CC(F)(F)F)cc1. The number of nitrogens with zero attached hydrogens (tertiary/aromatic N) is 2. The number of methoxy groups -OCH3 is 1. The summed E-state index contributed by atoms with van der Waals surface area (Å²) >= 11 is 0. The minimum absolute atomic E-state index is 0.167. The predicted molar refractivity (Wildman–Crippen MR) is 90.3 cm³/mol. The summed E-state index contributed by atoms with van der Waals surface area (Å²) in [6, 6.07) is 11.0. The molecule has 0 saturated carbocycles. The number of halogens is 3. The highest BCUT2D eigenvalue weighted by molar-refractivity contribution is 5.73. The van der Waals surface area contributed by atoms with Gasteiger partial charge in [0.2, 0.25) is 5.88 Å². The molecule has 3 aromatic rings. The molecule has 0 bridgehead atoms. The van der Waals surface area contributed by atoms with Crippen LogP contribution in [0.3, 0.4) is 0 Å². The zero-order chi connectivity index (χ0) is 18.6. The Balaban J connectivity index is 1.87. The highest BCUT2D eigenvalue weighted by Crippen LogP contribution is 2.36. The molecule has 0 atom stereocenters. The molecule has 0 fully saturated rings. The molecule has 0 spiro atoms. The monoisotopic (exact) mass is 360 g/mol. The van der Waals surface area contributed by atoms with E-state index < -0.39 is 12.6 Å². The molecule has 0 aliphatic heterocycles. The molecule has 1 aromatic carbocycles. The summed E-state index contributed by atoms with van der Waals surface area (Å²) in [5.74, 6) is 1.31. The molecule has 0 saturated heterocycles. The molecular formula is C19H15F3N2O2. The summed E-state index contributed by atoms with van der Waals surface area (Å²) in [6.45, 7) is 0. The van der Waals surface area contributed by atoms with E-state index >= 15 is 0 Å². The first kappa shape index (κ1) is 17.7. The topological polar surface area (TPSA) is 44.2 Å². The Morgan fingerprint density at radius 3 is 2.42 bits per heavy atom. The van der Waals surface area contributed by atoms with Gasteiger partial charge in [0.15, 0.2) is 0 Å². The van der Waals surface area contributed by atoms with Crippen LogP contribution in [0.4, 0.5) is 13.2 Å². The summed E-state index contributed by atoms with van der Waals surface area (Å²) < 4.78 is 48.4. The summed E-state index contributed by atoms with van der Waals surface area (Å²) in [5, 5.41) is 0. The molecule has 0 aliphatic carbocycles. The van der Waals surface area contributed by atoms with Crippen LogP contribution in [0.25, 0.3) is 11.1 Å². The maximum atomic E-state index is 12.4. The second-order valence-corrected chi connectivity index (χ2v) is 5.47. The molecule has 26 heavy (non-hydrogen) atoms. The molecule has 134 valence electrons. The van der Waals surface area contributed by atoms with Crippen LogP contribution in [0, 0.1) is 0 Å². The van der Waals surface area contributed by atoms with Gasteiger partial charge < -0.3 is 9.47 Å². The lowest BCUT2D eigenvalue weighted by molar-refractivity contribution is -0.127. The molecule has 0 unspecified atom stereocenters. The molecule has 7 heteroatoms. The highest BCUT2D eigenvalue weighted by Gasteiger charge is 2.27. The zero-order valence-corrected chi connectivity index (χ0v) is 13.8. The summed E-state index contributed by atoms with van der Waals surface area (Å²) in [5.41, 5.74) is 1.53. The normalized spacial score (nSPS) is 11.2. The van der Waals surface area contributed by atoms with Gasteiger partial charge in [-0.1, -0.05) is 12.1 Å². The lowest BCUT2D eigenvalue weighted by Crippen LogP contribution is -2.11. The first-order valence-corrected chi connectivity index (χ1v) is 7.73. The van der Waals surface area contributed by atoms with Crippen molar-refractivity contribution in [2.45, 2.75) is 12.6 Å². The molecule has 2 aromatic heterocycles. The van der Waals surface area contributed by atoms with Crippen LogP contribution in [0.5, 0.6) is 17.4 Å². The van der Waals surface area contributed by atoms with Gasteiger partial charge in [-0.2, -0.15) is 13.2 Å². The third-order valence-electron chi connectivity index (χ3n) is 3.60. The average Bonchev–Trinajstić information content (AvgIpc) is 2.63. The van der Waals surface area contributed by atoms with Gasteiger partial charge in [-0.15, -0.1) is 0 Å². The van der Waals surface area contributed by atoms with Crippen molar-refractivity contribution in [2.75, 3.05) is 7.11 Å². The maximum absolute atomic E-state index is 12.4. The maximum Gasteiger partial charge on any atom is 0.393 e. The van der Waals surface area contributed by atoms with E-state index in [-0.39, 0.29) is 5.56 Å². The van der Waals surface area contributed by atoms with Crippen molar-refractivity contribution >= 4 is 0 Å². The number of hydrogen-bond acceptors (Lipinski definition) is 4. The fourth-order valence-corrected chi connectivity index (χ4v) is 2.46. The summed E-state index contributed by atoms with van der Waals surface area (Å²) in [7, 11) is 1.55. The number of ether oxygens (including phenoxy) is 2. The lowest BCUT2D eigenvalue weighted by atomic mass is 10.1. The van der Waals surface area contributed by atoms with Crippen LogP contribution in [0.2, 0.25) is 0 Å². The predicted octanol–water partition coefficient (Wildman–Crippen LogP) is 5.05. The van der Waals surface area contributed by atoms with Crippen LogP contribution >= 0.6 is 0 Å². The largest absolute Gasteiger partial charge is 0.496 e. The number of rotatable bonds is 5. The first-order chi connectivity index (χ1) is 12.5. The third kappa shape index (κ3) is 4.30. The molecule has 0 N–H and O–H groups in total. The fourth-order valence-electron chi connectivity index (χ4n) is 2.46. The number of benzene rings is 1. The number of hydrogen-bond donors (Lipinski definition) is 0. The third-order valence-corrected chi connectivity index (χ3v) is 3.60. The Morgan fingerprint density at radius 1 is 0.962 bits per heavy atom. The van der Waals surface area contributed by atoms with Crippen molar-refractivity contribution in [2.24, 2.45) is 0 Å². The van der Waals surface area contributed by atoms with Gasteiger partial charge in [0.05, 0.1) is 13.5 Å². The second kappa shape index (κ2) is 7.43. The Morgan fingerprint density at radius 2 is 1.73 bits per heavy atom. The van der Waals surface area contributed by atoms with Crippen molar-refractivity contribution in [3.05, 3.63) is 66.6 Å². The van der Waals surface area contributed by atoms with E-state index in [1.807, 2.05) is 0 Å². The molecule has 3 rings (SSSR count). The second-order valence-electron chi connectivity index (χ2n) is 5.47. The zero-order valence-electron chi connectivity index (χ0n) is 13.8. The Labute approximate surface area is 148 Å². The van der Waals surface area contributed by atoms with Gasteiger partial charge in [-0.25, -0.2) is 4.98 Å². The number of aromatic nitrogens is 2. The van der Waals surface area contributed by atoms with Crippen LogP contribution in [-0.2, 0) is 6.42 Å². The van der Waals surface area contributed by atoms with Crippen molar-refractivity contribution in [3.63, 3.8) is 0 Å². The van der Waals surface area contributed by atoms with Crippen LogP contribution in [-0.4, -0.2) is 23.3 Å². The van der Waals surface area contributed by atoms with Crippen molar-refractivity contribution in [1.29, 1.82) is 0 Å². The molecule has 0 radical (unpaired) electrons. The van der Waals surface area contributed by atoms with Crippen LogP contribution < -0.4 is 9.47 Å². The van der Waals surface area contributed by atoms with E-state index in [9.17, 15) is 13.2 Å². The lowest BCUT2D eigenvalue weighted by Gasteiger charge is -2.13. The Kier molecular flexibility index (Phi) is 5.06. The summed E-state index contributed by atoms with van der Waals surface area (Å²) in [4.78, 5) is 8.32. The van der Waals surface area contributed by atoms with E-state index in [1.165, 1.54) is 24.3 Å². The van der Waals surface area contributed by atoms with Gasteiger partial charge in [0, 0.05) is 29.7 Å². The van der Waals surface area contributed by atoms with Crippen LogP contribution in [0.15, 0.2) is 61.1 Å². The van der Waals surface area contributed by atoms with Gasteiger partial charge in [-0.3, -0.25) is 4.98 Å². The molecule has 4 nitrogen and oxygen atoms in total. The van der Waals surface area contributed by atoms with Crippen molar-refractivity contribution in [1.82, 2.24) is 9.97 Å². The van der Waals surface area contributed by atoms with Gasteiger partial charge in [0.1, 0.15) is 11.5 Å². The molecule has 0 aliphatic rings. The van der Waals surface area contributed by atoms with Gasteiger partial charge >= 0.3 is 6.18 Å². The minimum Gasteiger partial charge on any atom is -0.496 e. The van der Waals surface area contributed by atoms with E-state index in [1.54, 1.807) is 43.9 Å². The quantitative estimate of drug-likeness (QED) is 0.639.